The Hall–Kier alpha value is -1.44. The molecule has 0 saturated carbocycles. The molecule has 0 aromatic heterocycles. The number of anilines is 1. The summed E-state index contributed by atoms with van der Waals surface area (Å²) in [6, 6.07) is 6.27. The van der Waals surface area contributed by atoms with Crippen LogP contribution in [0, 0.1) is 11.3 Å². The molecule has 2 saturated heterocycles. The second kappa shape index (κ2) is 9.90. The number of carbonyl (C=O) groups excluding carboxylic acids is 1. The summed E-state index contributed by atoms with van der Waals surface area (Å²) in [7, 11) is -3.28. The highest BCUT2D eigenvalue weighted by molar-refractivity contribution is 7.89. The molecule has 1 aromatic carbocycles. The van der Waals surface area contributed by atoms with E-state index in [9.17, 15) is 13.2 Å². The van der Waals surface area contributed by atoms with Gasteiger partial charge in [-0.2, -0.15) is 4.31 Å². The molecular formula is C27H43N3O3S. The third-order valence-electron chi connectivity index (χ3n) is 8.25. The van der Waals surface area contributed by atoms with Crippen LogP contribution in [0.2, 0.25) is 0 Å². The second-order valence-electron chi connectivity index (χ2n) is 12.0. The van der Waals surface area contributed by atoms with Gasteiger partial charge in [-0.05, 0) is 107 Å². The Morgan fingerprint density at radius 3 is 2.47 bits per heavy atom. The summed E-state index contributed by atoms with van der Waals surface area (Å²) in [5, 5.41) is 3.18. The van der Waals surface area contributed by atoms with Gasteiger partial charge in [0.2, 0.25) is 15.9 Å². The first kappa shape index (κ1) is 25.6. The van der Waals surface area contributed by atoms with E-state index < -0.39 is 10.0 Å². The number of piperidine rings is 2. The fourth-order valence-electron chi connectivity index (χ4n) is 6.16. The highest BCUT2D eigenvalue weighted by Gasteiger charge is 2.48. The molecule has 3 aliphatic rings. The van der Waals surface area contributed by atoms with E-state index >= 15 is 0 Å². The molecule has 1 N–H and O–H groups in total. The van der Waals surface area contributed by atoms with Crippen LogP contribution in [0.4, 0.5) is 5.69 Å². The lowest BCUT2D eigenvalue weighted by atomic mass is 9.69. The van der Waals surface area contributed by atoms with Crippen molar-refractivity contribution in [2.75, 3.05) is 37.2 Å². The maximum atomic E-state index is 13.2. The maximum absolute atomic E-state index is 13.2. The zero-order chi connectivity index (χ0) is 24.6. The topological polar surface area (TPSA) is 69.7 Å². The van der Waals surface area contributed by atoms with Gasteiger partial charge in [0.1, 0.15) is 0 Å². The van der Waals surface area contributed by atoms with Crippen molar-refractivity contribution < 1.29 is 13.2 Å². The molecule has 0 atom stereocenters. The minimum absolute atomic E-state index is 0.0328. The summed E-state index contributed by atoms with van der Waals surface area (Å²) >= 11 is 0. The molecule has 190 valence electrons. The van der Waals surface area contributed by atoms with Crippen molar-refractivity contribution >= 4 is 21.6 Å². The number of nitrogens with one attached hydrogen (secondary N) is 1. The average Bonchev–Trinajstić information content (AvgIpc) is 2.76. The Bertz CT molecular complexity index is 994. The number of sulfonamides is 1. The first-order chi connectivity index (χ1) is 16.0. The van der Waals surface area contributed by atoms with Gasteiger partial charge in [0.05, 0.1) is 12.3 Å². The van der Waals surface area contributed by atoms with Gasteiger partial charge in [-0.3, -0.25) is 9.69 Å². The Morgan fingerprint density at radius 2 is 1.76 bits per heavy atom. The molecule has 1 amide bonds. The lowest BCUT2D eigenvalue weighted by Crippen LogP contribution is -2.59. The zero-order valence-electron chi connectivity index (χ0n) is 21.5. The normalized spacial score (nSPS) is 23.1. The van der Waals surface area contributed by atoms with E-state index in [0.717, 1.165) is 57.3 Å². The molecule has 2 aliphatic heterocycles. The molecular weight excluding hydrogens is 446 g/mol. The molecule has 7 heteroatoms. The van der Waals surface area contributed by atoms with Gasteiger partial charge < -0.3 is 5.32 Å². The Balaban J connectivity index is 1.35. The summed E-state index contributed by atoms with van der Waals surface area (Å²) in [5.41, 5.74) is 3.38. The Kier molecular flexibility index (Phi) is 7.47. The quantitative estimate of drug-likeness (QED) is 0.641. The van der Waals surface area contributed by atoms with E-state index in [2.05, 4.69) is 30.1 Å². The minimum atomic E-state index is -3.28. The highest BCUT2D eigenvalue weighted by Crippen LogP contribution is 2.46. The van der Waals surface area contributed by atoms with Crippen LogP contribution in [-0.4, -0.2) is 61.0 Å². The molecule has 1 aromatic rings. The SMILES string of the molecule is CC(C)CS(=O)(=O)N1CC2(CCN(CC(=O)Nc3cccc4c3CCCC4)CC2)CCC1(C)C. The van der Waals surface area contributed by atoms with E-state index in [4.69, 9.17) is 0 Å². The Labute approximate surface area is 206 Å². The lowest BCUT2D eigenvalue weighted by molar-refractivity contribution is -0.118. The highest BCUT2D eigenvalue weighted by atomic mass is 32.2. The van der Waals surface area contributed by atoms with E-state index in [1.807, 2.05) is 30.3 Å². The summed E-state index contributed by atoms with van der Waals surface area (Å²) in [4.78, 5) is 15.1. The number of fused-ring (bicyclic) bond motifs is 1. The summed E-state index contributed by atoms with van der Waals surface area (Å²) in [5.74, 6) is 0.386. The third-order valence-corrected chi connectivity index (χ3v) is 10.6. The van der Waals surface area contributed by atoms with Crippen molar-refractivity contribution in [3.63, 3.8) is 0 Å². The fourth-order valence-corrected chi connectivity index (χ4v) is 8.50. The van der Waals surface area contributed by atoms with Crippen LogP contribution in [0.3, 0.4) is 0 Å². The number of hydrogen-bond acceptors (Lipinski definition) is 4. The van der Waals surface area contributed by atoms with Crippen molar-refractivity contribution in [3.8, 4) is 0 Å². The second-order valence-corrected chi connectivity index (χ2v) is 13.9. The first-order valence-electron chi connectivity index (χ1n) is 13.1. The molecule has 2 fully saturated rings. The summed E-state index contributed by atoms with van der Waals surface area (Å²) in [6.45, 7) is 10.8. The van der Waals surface area contributed by atoms with E-state index in [1.165, 1.54) is 24.0 Å². The standard InChI is InChI=1S/C27H43N3O3S/c1-21(2)19-34(32,33)30-20-27(13-12-26(30,3)4)14-16-29(17-15-27)18-25(31)28-24-11-7-9-22-8-5-6-10-23(22)24/h7,9,11,21H,5-6,8,10,12-20H2,1-4H3,(H,28,31). The van der Waals surface area contributed by atoms with Crippen LogP contribution < -0.4 is 5.32 Å². The molecule has 6 nitrogen and oxygen atoms in total. The Morgan fingerprint density at radius 1 is 1.06 bits per heavy atom. The number of aryl methyl sites for hydroxylation is 1. The number of rotatable bonds is 6. The minimum Gasteiger partial charge on any atom is -0.325 e. The molecule has 0 bridgehead atoms. The van der Waals surface area contributed by atoms with Crippen LogP contribution in [0.5, 0.6) is 0 Å². The zero-order valence-corrected chi connectivity index (χ0v) is 22.3. The van der Waals surface area contributed by atoms with Crippen LogP contribution in [0.1, 0.15) is 77.3 Å². The molecule has 1 spiro atoms. The third kappa shape index (κ3) is 5.68. The van der Waals surface area contributed by atoms with Crippen molar-refractivity contribution in [3.05, 3.63) is 29.3 Å². The van der Waals surface area contributed by atoms with Gasteiger partial charge in [-0.15, -0.1) is 0 Å². The van der Waals surface area contributed by atoms with Crippen molar-refractivity contribution in [1.82, 2.24) is 9.21 Å². The molecule has 2 heterocycles. The van der Waals surface area contributed by atoms with Crippen LogP contribution in [-0.2, 0) is 27.7 Å². The largest absolute Gasteiger partial charge is 0.325 e. The molecule has 4 rings (SSSR count). The smallest absolute Gasteiger partial charge is 0.238 e. The van der Waals surface area contributed by atoms with Crippen molar-refractivity contribution in [1.29, 1.82) is 0 Å². The number of amides is 1. The van der Waals surface area contributed by atoms with Crippen molar-refractivity contribution in [2.45, 2.75) is 84.6 Å². The average molecular weight is 490 g/mol. The van der Waals surface area contributed by atoms with Gasteiger partial charge in [-0.25, -0.2) is 8.42 Å². The molecule has 34 heavy (non-hydrogen) atoms. The predicted molar refractivity (Wildman–Crippen MR) is 138 cm³/mol. The van der Waals surface area contributed by atoms with E-state index in [-0.39, 0.29) is 28.5 Å². The lowest BCUT2D eigenvalue weighted by Gasteiger charge is -2.53. The van der Waals surface area contributed by atoms with Gasteiger partial charge in [-0.1, -0.05) is 26.0 Å². The number of likely N-dealkylation sites (tertiary alicyclic amines) is 1. The first-order valence-corrected chi connectivity index (χ1v) is 14.7. The maximum Gasteiger partial charge on any atom is 0.238 e. The van der Waals surface area contributed by atoms with Gasteiger partial charge in [0.15, 0.2) is 0 Å². The monoisotopic (exact) mass is 489 g/mol. The number of benzene rings is 1. The van der Waals surface area contributed by atoms with Gasteiger partial charge in [0, 0.05) is 17.8 Å². The molecule has 0 radical (unpaired) electrons. The number of hydrogen-bond donors (Lipinski definition) is 1. The van der Waals surface area contributed by atoms with E-state index in [1.54, 1.807) is 0 Å². The van der Waals surface area contributed by atoms with Crippen LogP contribution >= 0.6 is 0 Å². The molecule has 0 unspecified atom stereocenters. The molecule has 1 aliphatic carbocycles. The van der Waals surface area contributed by atoms with Crippen LogP contribution in [0.15, 0.2) is 18.2 Å². The van der Waals surface area contributed by atoms with Crippen LogP contribution in [0.25, 0.3) is 0 Å². The van der Waals surface area contributed by atoms with Gasteiger partial charge >= 0.3 is 0 Å². The predicted octanol–water partition coefficient (Wildman–Crippen LogP) is 4.45. The number of nitrogens with zero attached hydrogens (tertiary/aromatic N) is 2. The summed E-state index contributed by atoms with van der Waals surface area (Å²) < 4.78 is 28.2. The van der Waals surface area contributed by atoms with E-state index in [0.29, 0.717) is 13.1 Å². The van der Waals surface area contributed by atoms with Gasteiger partial charge in [0.25, 0.3) is 0 Å². The van der Waals surface area contributed by atoms with Crippen molar-refractivity contribution in [2.24, 2.45) is 11.3 Å². The fraction of sp³-hybridized carbons (Fsp3) is 0.741. The summed E-state index contributed by atoms with van der Waals surface area (Å²) in [6.07, 6.45) is 8.42. The number of carbonyl (C=O) groups is 1.